The molecular formula is C22H19NO4. The molecule has 0 aliphatic carbocycles. The summed E-state index contributed by atoms with van der Waals surface area (Å²) in [6.07, 6.45) is -0.0512. The van der Waals surface area contributed by atoms with Crippen LogP contribution in [0.1, 0.15) is 21.5 Å². The second-order valence-corrected chi connectivity index (χ2v) is 5.99. The predicted molar refractivity (Wildman–Crippen MR) is 103 cm³/mol. The third kappa shape index (κ3) is 5.19. The van der Waals surface area contributed by atoms with Crippen LogP contribution >= 0.6 is 0 Å². The number of hydrogen-bond donors (Lipinski definition) is 2. The zero-order chi connectivity index (χ0) is 19.1. The summed E-state index contributed by atoms with van der Waals surface area (Å²) in [5, 5.41) is 11.6. The molecule has 0 aromatic heterocycles. The minimum atomic E-state index is -0.892. The average Bonchev–Trinajstić information content (AvgIpc) is 2.68. The Morgan fingerprint density at radius 2 is 1.48 bits per heavy atom. The fourth-order valence-electron chi connectivity index (χ4n) is 2.59. The maximum atomic E-state index is 12.6. The first-order valence-corrected chi connectivity index (χ1v) is 8.49. The molecular weight excluding hydrogens is 342 g/mol. The second-order valence-electron chi connectivity index (χ2n) is 5.99. The van der Waals surface area contributed by atoms with Crippen LogP contribution in [0.15, 0.2) is 78.9 Å². The molecule has 0 spiro atoms. The Labute approximate surface area is 157 Å². The molecule has 0 aliphatic heterocycles. The van der Waals surface area contributed by atoms with Crippen LogP contribution < -0.4 is 10.1 Å². The van der Waals surface area contributed by atoms with Crippen LogP contribution in [0.25, 0.3) is 0 Å². The number of carboxylic acid groups (broad SMARTS) is 1. The first-order chi connectivity index (χ1) is 13.1. The van der Waals surface area contributed by atoms with Gasteiger partial charge in [-0.2, -0.15) is 0 Å². The number of carbonyl (C=O) groups is 2. The van der Waals surface area contributed by atoms with E-state index in [4.69, 9.17) is 9.84 Å². The van der Waals surface area contributed by atoms with E-state index < -0.39 is 5.97 Å². The van der Waals surface area contributed by atoms with Gasteiger partial charge in [0.1, 0.15) is 12.4 Å². The molecule has 0 saturated carbocycles. The van der Waals surface area contributed by atoms with Crippen molar-refractivity contribution in [2.75, 3.05) is 5.32 Å². The van der Waals surface area contributed by atoms with Crippen LogP contribution in [0, 0.1) is 0 Å². The maximum Gasteiger partial charge on any atom is 0.307 e. The Morgan fingerprint density at radius 3 is 2.19 bits per heavy atom. The van der Waals surface area contributed by atoms with Crippen molar-refractivity contribution in [3.63, 3.8) is 0 Å². The van der Waals surface area contributed by atoms with Gasteiger partial charge in [0.05, 0.1) is 12.0 Å². The molecule has 0 fully saturated rings. The smallest absolute Gasteiger partial charge is 0.307 e. The number of carboxylic acids is 1. The van der Waals surface area contributed by atoms with Crippen LogP contribution in [0.5, 0.6) is 5.75 Å². The Kier molecular flexibility index (Phi) is 5.84. The van der Waals surface area contributed by atoms with E-state index in [9.17, 15) is 9.59 Å². The molecule has 3 rings (SSSR count). The molecule has 0 aliphatic rings. The topological polar surface area (TPSA) is 75.6 Å². The van der Waals surface area contributed by atoms with Gasteiger partial charge in [0.25, 0.3) is 5.91 Å². The summed E-state index contributed by atoms with van der Waals surface area (Å²) < 4.78 is 5.82. The number of aliphatic carboxylic acids is 1. The van der Waals surface area contributed by atoms with Gasteiger partial charge in [-0.05, 0) is 35.4 Å². The summed E-state index contributed by atoms with van der Waals surface area (Å²) in [5.74, 6) is -0.678. The number of hydrogen-bond acceptors (Lipinski definition) is 3. The molecule has 27 heavy (non-hydrogen) atoms. The summed E-state index contributed by atoms with van der Waals surface area (Å²) in [7, 11) is 0. The first-order valence-electron chi connectivity index (χ1n) is 8.49. The zero-order valence-corrected chi connectivity index (χ0v) is 14.6. The molecule has 0 atom stereocenters. The van der Waals surface area contributed by atoms with E-state index in [1.807, 2.05) is 36.4 Å². The van der Waals surface area contributed by atoms with E-state index >= 15 is 0 Å². The average molecular weight is 361 g/mol. The lowest BCUT2D eigenvalue weighted by Gasteiger charge is -2.12. The van der Waals surface area contributed by atoms with Gasteiger partial charge in [-0.15, -0.1) is 0 Å². The quantitative estimate of drug-likeness (QED) is 0.663. The van der Waals surface area contributed by atoms with Crippen molar-refractivity contribution in [2.45, 2.75) is 13.0 Å². The fraction of sp³-hybridized carbons (Fsp3) is 0.0909. The lowest BCUT2D eigenvalue weighted by atomic mass is 10.1. The normalized spacial score (nSPS) is 10.2. The van der Waals surface area contributed by atoms with Crippen molar-refractivity contribution in [2.24, 2.45) is 0 Å². The number of nitrogens with one attached hydrogen (secondary N) is 1. The summed E-state index contributed by atoms with van der Waals surface area (Å²) >= 11 is 0. The van der Waals surface area contributed by atoms with Gasteiger partial charge in [-0.3, -0.25) is 9.59 Å². The Bertz CT molecular complexity index is 921. The van der Waals surface area contributed by atoms with Crippen LogP contribution in [-0.4, -0.2) is 17.0 Å². The summed E-state index contributed by atoms with van der Waals surface area (Å²) in [4.78, 5) is 23.4. The molecule has 2 N–H and O–H groups in total. The molecule has 0 radical (unpaired) electrons. The van der Waals surface area contributed by atoms with Crippen LogP contribution in [0.3, 0.4) is 0 Å². The van der Waals surface area contributed by atoms with E-state index in [0.29, 0.717) is 29.2 Å². The number of anilines is 1. The van der Waals surface area contributed by atoms with Crippen LogP contribution in [0.4, 0.5) is 5.69 Å². The molecule has 5 nitrogen and oxygen atoms in total. The summed E-state index contributed by atoms with van der Waals surface area (Å²) in [6, 6.07) is 23.5. The molecule has 136 valence electrons. The van der Waals surface area contributed by atoms with E-state index in [1.165, 1.54) is 0 Å². The van der Waals surface area contributed by atoms with Gasteiger partial charge in [0.15, 0.2) is 0 Å². The molecule has 0 saturated heterocycles. The van der Waals surface area contributed by atoms with Crippen molar-refractivity contribution >= 4 is 17.6 Å². The van der Waals surface area contributed by atoms with Crippen molar-refractivity contribution in [3.05, 3.63) is 95.6 Å². The molecule has 5 heteroatoms. The standard InChI is InChI=1S/C22H19NO4/c24-21(25)14-16-10-12-18(13-11-16)23-22(26)19-8-4-5-9-20(19)27-15-17-6-2-1-3-7-17/h1-13H,14-15H2,(H,23,26)(H,24,25). The molecule has 0 heterocycles. The number of ether oxygens (including phenoxy) is 1. The van der Waals surface area contributed by atoms with Gasteiger partial charge in [0, 0.05) is 5.69 Å². The van der Waals surface area contributed by atoms with Gasteiger partial charge < -0.3 is 15.2 Å². The van der Waals surface area contributed by atoms with Gasteiger partial charge in [0.2, 0.25) is 0 Å². The van der Waals surface area contributed by atoms with E-state index in [1.54, 1.807) is 42.5 Å². The SMILES string of the molecule is O=C(O)Cc1ccc(NC(=O)c2ccccc2OCc2ccccc2)cc1. The number of rotatable bonds is 7. The van der Waals surface area contributed by atoms with Gasteiger partial charge in [-0.25, -0.2) is 0 Å². The molecule has 3 aromatic rings. The van der Waals surface area contributed by atoms with E-state index in [-0.39, 0.29) is 12.3 Å². The third-order valence-corrected chi connectivity index (χ3v) is 3.94. The van der Waals surface area contributed by atoms with Crippen LogP contribution in [0.2, 0.25) is 0 Å². The Morgan fingerprint density at radius 1 is 0.815 bits per heavy atom. The highest BCUT2D eigenvalue weighted by molar-refractivity contribution is 6.06. The van der Waals surface area contributed by atoms with Crippen LogP contribution in [-0.2, 0) is 17.8 Å². The highest BCUT2D eigenvalue weighted by Gasteiger charge is 2.13. The first kappa shape index (κ1) is 18.2. The Balaban J connectivity index is 1.68. The predicted octanol–water partition coefficient (Wildman–Crippen LogP) is 4.15. The second kappa shape index (κ2) is 8.67. The molecule has 0 unspecified atom stereocenters. The van der Waals surface area contributed by atoms with Crippen molar-refractivity contribution in [1.29, 1.82) is 0 Å². The van der Waals surface area contributed by atoms with E-state index in [2.05, 4.69) is 5.32 Å². The highest BCUT2D eigenvalue weighted by Crippen LogP contribution is 2.21. The van der Waals surface area contributed by atoms with Crippen molar-refractivity contribution < 1.29 is 19.4 Å². The number of carbonyl (C=O) groups excluding carboxylic acids is 1. The third-order valence-electron chi connectivity index (χ3n) is 3.94. The largest absolute Gasteiger partial charge is 0.488 e. The fourth-order valence-corrected chi connectivity index (χ4v) is 2.59. The Hall–Kier alpha value is -3.60. The zero-order valence-electron chi connectivity index (χ0n) is 14.6. The number of benzene rings is 3. The van der Waals surface area contributed by atoms with E-state index in [0.717, 1.165) is 5.56 Å². The lowest BCUT2D eigenvalue weighted by molar-refractivity contribution is -0.136. The molecule has 3 aromatic carbocycles. The minimum Gasteiger partial charge on any atom is -0.488 e. The van der Waals surface area contributed by atoms with Crippen molar-refractivity contribution in [1.82, 2.24) is 0 Å². The summed E-state index contributed by atoms with van der Waals surface area (Å²) in [5.41, 5.74) is 2.71. The maximum absolute atomic E-state index is 12.6. The number of para-hydroxylation sites is 1. The van der Waals surface area contributed by atoms with Gasteiger partial charge >= 0.3 is 5.97 Å². The minimum absolute atomic E-state index is 0.0512. The highest BCUT2D eigenvalue weighted by atomic mass is 16.5. The van der Waals surface area contributed by atoms with Gasteiger partial charge in [-0.1, -0.05) is 54.6 Å². The number of amides is 1. The lowest BCUT2D eigenvalue weighted by Crippen LogP contribution is -2.13. The molecule has 1 amide bonds. The molecule has 0 bridgehead atoms. The monoisotopic (exact) mass is 361 g/mol. The van der Waals surface area contributed by atoms with Crippen molar-refractivity contribution in [3.8, 4) is 5.75 Å². The summed E-state index contributed by atoms with van der Waals surface area (Å²) in [6.45, 7) is 0.370.